The second kappa shape index (κ2) is 37.4. The van der Waals surface area contributed by atoms with Gasteiger partial charge in [-0.2, -0.15) is 0 Å². The fraction of sp³-hybridized carbons (Fsp3) is 0.562. The fourth-order valence-corrected chi connectivity index (χ4v) is 10.4. The van der Waals surface area contributed by atoms with Crippen LogP contribution in [-0.2, 0) is 27.3 Å². The first-order chi connectivity index (χ1) is 33.1. The van der Waals surface area contributed by atoms with Crippen molar-refractivity contribution in [3.8, 4) is 0 Å². The molecule has 67 heavy (non-hydrogen) atoms. The molecule has 0 saturated carbocycles. The van der Waals surface area contributed by atoms with E-state index < -0.39 is 0 Å². The van der Waals surface area contributed by atoms with Crippen molar-refractivity contribution < 1.29 is 19.1 Å². The number of hydrogen-bond acceptors (Lipinski definition) is 0. The number of nitrogens with zero attached hydrogens (tertiary/aromatic N) is 2. The van der Waals surface area contributed by atoms with Crippen molar-refractivity contribution in [2.24, 2.45) is 0 Å². The molecular weight excluding hydrogens is 855 g/mol. The minimum atomic E-state index is 0.909. The van der Waals surface area contributed by atoms with E-state index in [0.29, 0.717) is 0 Å². The number of hydrogen-bond donors (Lipinski definition) is 0. The number of aryl methyl sites for hydroxylation is 2. The molecule has 0 amide bonds. The monoisotopic (exact) mass is 949 g/mol. The van der Waals surface area contributed by atoms with Crippen LogP contribution in [0.3, 0.4) is 0 Å². The van der Waals surface area contributed by atoms with E-state index in [1.165, 1.54) is 223 Å². The van der Waals surface area contributed by atoms with Crippen LogP contribution >= 0.6 is 0 Å². The third kappa shape index (κ3) is 24.5. The summed E-state index contributed by atoms with van der Waals surface area (Å²) in [6.45, 7) is 6.80. The minimum absolute atomic E-state index is 0.909. The molecule has 4 aromatic carbocycles. The summed E-state index contributed by atoms with van der Waals surface area (Å²) in [6.07, 6.45) is 47.4. The van der Waals surface area contributed by atoms with Gasteiger partial charge in [0.25, 0.3) is 0 Å². The zero-order valence-corrected chi connectivity index (χ0v) is 44.0. The number of benzene rings is 4. The molecule has 0 N–H and O–H groups in total. The van der Waals surface area contributed by atoms with Gasteiger partial charge in [-0.05, 0) is 73.9 Å². The molecule has 1 heterocycles. The van der Waals surface area contributed by atoms with E-state index in [2.05, 4.69) is 124 Å². The van der Waals surface area contributed by atoms with E-state index in [9.17, 15) is 5.53 Å². The Bertz CT molecular complexity index is 1840. The predicted molar refractivity (Wildman–Crippen MR) is 291 cm³/mol. The van der Waals surface area contributed by atoms with Gasteiger partial charge in [-0.3, -0.25) is 0 Å². The van der Waals surface area contributed by atoms with Gasteiger partial charge >= 0.3 is 84.2 Å². The molecule has 0 spiro atoms. The van der Waals surface area contributed by atoms with Crippen molar-refractivity contribution in [2.45, 2.75) is 233 Å². The van der Waals surface area contributed by atoms with E-state index >= 15 is 0 Å². The first-order valence-electron chi connectivity index (χ1n) is 27.9. The maximum atomic E-state index is 11.6. The van der Waals surface area contributed by atoms with Gasteiger partial charge in [-0.15, -0.1) is 0 Å². The van der Waals surface area contributed by atoms with Crippen LogP contribution in [0.15, 0.2) is 121 Å². The number of allylic oxidation sites excluding steroid dienone is 2. The van der Waals surface area contributed by atoms with Crippen LogP contribution in [0.4, 0.5) is 0 Å². The van der Waals surface area contributed by atoms with Crippen molar-refractivity contribution >= 4 is 20.5 Å². The summed E-state index contributed by atoms with van der Waals surface area (Å²) in [6, 6.07) is 38.7. The van der Waals surface area contributed by atoms with Crippen LogP contribution in [0.5, 0.6) is 0 Å². The Morgan fingerprint density at radius 2 is 0.672 bits per heavy atom. The molecule has 370 valence electrons. The Morgan fingerprint density at radius 1 is 0.343 bits per heavy atom. The Hall–Kier alpha value is -3.55. The van der Waals surface area contributed by atoms with Crippen molar-refractivity contribution in [3.05, 3.63) is 149 Å². The quantitative estimate of drug-likeness (QED) is 0.0245. The first kappa shape index (κ1) is 56.0. The Labute approximate surface area is 418 Å². The zero-order chi connectivity index (χ0) is 47.3. The third-order valence-electron chi connectivity index (χ3n) is 13.6. The first-order valence-corrected chi connectivity index (χ1v) is 28.9. The van der Waals surface area contributed by atoms with Gasteiger partial charge in [0.15, 0.2) is 0 Å². The summed E-state index contributed by atoms with van der Waals surface area (Å²) < 4.78 is 4.08. The zero-order valence-electron chi connectivity index (χ0n) is 43.0. The van der Waals surface area contributed by atoms with E-state index in [-0.39, 0.29) is 0 Å². The second-order valence-electron chi connectivity index (χ2n) is 19.5. The molecule has 0 aromatic heterocycles. The molecule has 3 heteroatoms. The molecule has 0 saturated heterocycles. The summed E-state index contributed by atoms with van der Waals surface area (Å²) in [4.78, 5) is 0. The van der Waals surface area contributed by atoms with Gasteiger partial charge in [0.2, 0.25) is 11.4 Å². The fourth-order valence-electron chi connectivity index (χ4n) is 9.34. The predicted octanol–water partition coefficient (Wildman–Crippen LogP) is 19.4. The molecular formula is C64H94N2Ni. The van der Waals surface area contributed by atoms with Gasteiger partial charge < -0.3 is 5.53 Å². The molecule has 1 aliphatic heterocycles. The number of rotatable bonds is 37. The Kier molecular flexibility index (Phi) is 31.3. The van der Waals surface area contributed by atoms with Gasteiger partial charge in [-0.25, -0.2) is 4.70 Å². The van der Waals surface area contributed by atoms with E-state index in [4.69, 9.17) is 0 Å². The second-order valence-corrected chi connectivity index (χ2v) is 20.9. The SMILES string of the molecule is CCCCCCCCCCCCCCCCCCCCCCCCCCCCC1=C(c2ccc(CCCC)cc2)[N+](=[N-])C(c2ccc(CCCC)cc2)=C1.c1cc[c]([Ni][c]2ccccc2)cc1. The third-order valence-corrected chi connectivity index (χ3v) is 14.8. The molecule has 4 aromatic rings. The standard InChI is InChI=1S/C52H84N2.2C6H5.Ni/c1-4-7-10-11-12-13-14-15-16-17-18-19-20-21-22-23-24-25-26-27-28-29-30-31-32-33-36-50-45-51(48-41-37-46(38-42-48)34-8-5-2)54(53)52(50)49-43-39-47(40-44-49)35-9-6-3;2*1-2-4-6-5-3-1;/h37-45H,4-36H2,1-3H3;2*1-5H;. The number of unbranched alkanes of at least 4 members (excludes halogenated alkanes) is 27. The Balaban J connectivity index is 0.000000639. The van der Waals surface area contributed by atoms with Gasteiger partial charge in [0.1, 0.15) is 0 Å². The van der Waals surface area contributed by atoms with Crippen molar-refractivity contribution in [1.29, 1.82) is 0 Å². The summed E-state index contributed by atoms with van der Waals surface area (Å²) >= 11 is 1.60. The van der Waals surface area contributed by atoms with Crippen molar-refractivity contribution in [2.75, 3.05) is 0 Å². The van der Waals surface area contributed by atoms with Crippen LogP contribution in [0.25, 0.3) is 16.9 Å². The van der Waals surface area contributed by atoms with Gasteiger partial charge in [0, 0.05) is 22.8 Å². The average molecular weight is 950 g/mol. The molecule has 2 nitrogen and oxygen atoms in total. The molecule has 0 atom stereocenters. The molecule has 0 fully saturated rings. The average Bonchev–Trinajstić information content (AvgIpc) is 3.69. The van der Waals surface area contributed by atoms with Crippen LogP contribution in [0.1, 0.15) is 242 Å². The maximum absolute atomic E-state index is 11.6. The molecule has 0 unspecified atom stereocenters. The summed E-state index contributed by atoms with van der Waals surface area (Å²) in [5.41, 5.74) is 19.7. The van der Waals surface area contributed by atoms with Crippen LogP contribution < -0.4 is 9.07 Å². The summed E-state index contributed by atoms with van der Waals surface area (Å²) in [7, 11) is 0. The molecule has 5 rings (SSSR count). The van der Waals surface area contributed by atoms with Crippen LogP contribution in [0.2, 0.25) is 0 Å². The van der Waals surface area contributed by atoms with Gasteiger partial charge in [0.05, 0.1) is 0 Å². The molecule has 0 bridgehead atoms. The normalized spacial score (nSPS) is 12.5. The van der Waals surface area contributed by atoms with E-state index in [1.54, 1.807) is 14.4 Å². The van der Waals surface area contributed by atoms with E-state index in [1.807, 2.05) is 12.1 Å². The van der Waals surface area contributed by atoms with E-state index in [0.717, 1.165) is 41.8 Å². The van der Waals surface area contributed by atoms with Crippen LogP contribution in [-0.4, -0.2) is 4.70 Å². The molecule has 0 aliphatic carbocycles. The van der Waals surface area contributed by atoms with Crippen molar-refractivity contribution in [3.63, 3.8) is 0 Å². The van der Waals surface area contributed by atoms with Crippen molar-refractivity contribution in [1.82, 2.24) is 0 Å². The summed E-state index contributed by atoms with van der Waals surface area (Å²) in [5.74, 6) is 0. The molecule has 0 radical (unpaired) electrons. The molecule has 1 aliphatic rings. The van der Waals surface area contributed by atoms with Crippen LogP contribution in [0, 0.1) is 0 Å². The van der Waals surface area contributed by atoms with Gasteiger partial charge in [-0.1, -0.05) is 218 Å². The topological polar surface area (TPSA) is 25.3 Å². The Morgan fingerprint density at radius 3 is 1.03 bits per heavy atom. The summed E-state index contributed by atoms with van der Waals surface area (Å²) in [5, 5.41) is 0.